The number of fused-ring (bicyclic) bond motifs is 1. The lowest BCUT2D eigenvalue weighted by Crippen LogP contribution is -1.97. The van der Waals surface area contributed by atoms with Gasteiger partial charge in [0.2, 0.25) is 0 Å². The van der Waals surface area contributed by atoms with Crippen LogP contribution >= 0.6 is 0 Å². The third-order valence-corrected chi connectivity index (χ3v) is 2.16. The van der Waals surface area contributed by atoms with Crippen LogP contribution in [0.25, 0.3) is 5.65 Å². The average molecular weight is 175 g/mol. The molecule has 0 N–H and O–H groups in total. The molecule has 68 valence electrons. The zero-order chi connectivity index (χ0) is 9.42. The topological polar surface area (TPSA) is 30.2 Å². The normalized spacial score (nSPS) is 11.4. The molecule has 0 unspecified atom stereocenters. The van der Waals surface area contributed by atoms with Crippen molar-refractivity contribution in [2.45, 2.75) is 26.7 Å². The van der Waals surface area contributed by atoms with E-state index in [1.807, 2.05) is 25.4 Å². The Morgan fingerprint density at radius 3 is 2.85 bits per heavy atom. The van der Waals surface area contributed by atoms with Gasteiger partial charge in [-0.25, -0.2) is 9.50 Å². The molecule has 13 heavy (non-hydrogen) atoms. The highest BCUT2D eigenvalue weighted by Crippen LogP contribution is 2.13. The second-order valence-electron chi connectivity index (χ2n) is 3.60. The summed E-state index contributed by atoms with van der Waals surface area (Å²) in [5.74, 6) is 0.472. The second-order valence-corrected chi connectivity index (χ2v) is 3.60. The standard InChI is InChI=1S/C10H13N3/c1-7(2)9-4-5-13-10(12-9)8(3)6-11-13/h4-7H,1-3H3. The predicted octanol–water partition coefficient (Wildman–Crippen LogP) is 2.16. The van der Waals surface area contributed by atoms with E-state index in [2.05, 4.69) is 23.9 Å². The fourth-order valence-corrected chi connectivity index (χ4v) is 1.32. The molecule has 2 aromatic heterocycles. The highest BCUT2D eigenvalue weighted by molar-refractivity contribution is 5.45. The molecule has 0 aliphatic carbocycles. The summed E-state index contributed by atoms with van der Waals surface area (Å²) in [5, 5.41) is 4.17. The molecule has 0 radical (unpaired) electrons. The summed E-state index contributed by atoms with van der Waals surface area (Å²) in [6.45, 7) is 6.31. The molecular formula is C10H13N3. The van der Waals surface area contributed by atoms with Crippen molar-refractivity contribution in [1.29, 1.82) is 0 Å². The molecule has 0 atom stereocenters. The van der Waals surface area contributed by atoms with Gasteiger partial charge in [-0.05, 0) is 18.9 Å². The van der Waals surface area contributed by atoms with E-state index in [1.54, 1.807) is 4.52 Å². The minimum atomic E-state index is 0.472. The van der Waals surface area contributed by atoms with Crippen LogP contribution in [0.15, 0.2) is 18.5 Å². The van der Waals surface area contributed by atoms with E-state index >= 15 is 0 Å². The Labute approximate surface area is 77.4 Å². The van der Waals surface area contributed by atoms with Crippen LogP contribution in [0.4, 0.5) is 0 Å². The minimum Gasteiger partial charge on any atom is -0.233 e. The first-order valence-corrected chi connectivity index (χ1v) is 4.49. The van der Waals surface area contributed by atoms with Gasteiger partial charge in [0.25, 0.3) is 0 Å². The second kappa shape index (κ2) is 2.83. The minimum absolute atomic E-state index is 0.472. The van der Waals surface area contributed by atoms with E-state index in [0.29, 0.717) is 5.92 Å². The summed E-state index contributed by atoms with van der Waals surface area (Å²) in [6.07, 6.45) is 3.80. The van der Waals surface area contributed by atoms with Crippen molar-refractivity contribution in [3.63, 3.8) is 0 Å². The van der Waals surface area contributed by atoms with Gasteiger partial charge < -0.3 is 0 Å². The van der Waals surface area contributed by atoms with Crippen LogP contribution in [-0.2, 0) is 0 Å². The molecule has 0 fully saturated rings. The largest absolute Gasteiger partial charge is 0.233 e. The Hall–Kier alpha value is -1.38. The maximum atomic E-state index is 4.53. The predicted molar refractivity (Wildman–Crippen MR) is 51.8 cm³/mol. The maximum Gasteiger partial charge on any atom is 0.158 e. The Bertz CT molecular complexity index is 429. The molecule has 0 aliphatic rings. The average Bonchev–Trinajstić information content (AvgIpc) is 2.47. The number of aryl methyl sites for hydroxylation is 1. The van der Waals surface area contributed by atoms with Gasteiger partial charge in [-0.1, -0.05) is 13.8 Å². The van der Waals surface area contributed by atoms with Gasteiger partial charge in [0.1, 0.15) is 0 Å². The van der Waals surface area contributed by atoms with Crippen LogP contribution < -0.4 is 0 Å². The summed E-state index contributed by atoms with van der Waals surface area (Å²) in [4.78, 5) is 4.53. The monoisotopic (exact) mass is 175 g/mol. The molecular weight excluding hydrogens is 162 g/mol. The third-order valence-electron chi connectivity index (χ3n) is 2.16. The van der Waals surface area contributed by atoms with Crippen molar-refractivity contribution in [2.75, 3.05) is 0 Å². The smallest absolute Gasteiger partial charge is 0.158 e. The summed E-state index contributed by atoms with van der Waals surface area (Å²) in [7, 11) is 0. The summed E-state index contributed by atoms with van der Waals surface area (Å²) in [6, 6.07) is 2.02. The van der Waals surface area contributed by atoms with E-state index < -0.39 is 0 Å². The van der Waals surface area contributed by atoms with Gasteiger partial charge in [0, 0.05) is 17.5 Å². The van der Waals surface area contributed by atoms with Gasteiger partial charge in [0.15, 0.2) is 5.65 Å². The van der Waals surface area contributed by atoms with Crippen LogP contribution in [0.2, 0.25) is 0 Å². The van der Waals surface area contributed by atoms with E-state index in [1.165, 1.54) is 0 Å². The van der Waals surface area contributed by atoms with E-state index in [0.717, 1.165) is 16.9 Å². The van der Waals surface area contributed by atoms with Crippen LogP contribution in [0.5, 0.6) is 0 Å². The Morgan fingerprint density at radius 1 is 1.38 bits per heavy atom. The molecule has 3 heteroatoms. The van der Waals surface area contributed by atoms with Crippen LogP contribution in [0.1, 0.15) is 31.0 Å². The zero-order valence-corrected chi connectivity index (χ0v) is 8.15. The molecule has 0 spiro atoms. The van der Waals surface area contributed by atoms with Crippen LogP contribution in [0.3, 0.4) is 0 Å². The number of rotatable bonds is 1. The lowest BCUT2D eigenvalue weighted by molar-refractivity contribution is 0.808. The summed E-state index contributed by atoms with van der Waals surface area (Å²) in [5.41, 5.74) is 3.21. The number of hydrogen-bond acceptors (Lipinski definition) is 2. The highest BCUT2D eigenvalue weighted by atomic mass is 15.2. The van der Waals surface area contributed by atoms with Crippen molar-refractivity contribution in [3.05, 3.63) is 29.7 Å². The number of aromatic nitrogens is 3. The van der Waals surface area contributed by atoms with Gasteiger partial charge in [-0.3, -0.25) is 0 Å². The molecule has 0 aromatic carbocycles. The fraction of sp³-hybridized carbons (Fsp3) is 0.400. The van der Waals surface area contributed by atoms with Crippen molar-refractivity contribution in [2.24, 2.45) is 0 Å². The van der Waals surface area contributed by atoms with Crippen molar-refractivity contribution in [3.8, 4) is 0 Å². The fourth-order valence-electron chi connectivity index (χ4n) is 1.32. The van der Waals surface area contributed by atoms with Crippen molar-refractivity contribution >= 4 is 5.65 Å². The molecule has 2 heterocycles. The summed E-state index contributed by atoms with van der Waals surface area (Å²) >= 11 is 0. The van der Waals surface area contributed by atoms with Crippen LogP contribution in [-0.4, -0.2) is 14.6 Å². The first-order valence-electron chi connectivity index (χ1n) is 4.49. The van der Waals surface area contributed by atoms with Crippen molar-refractivity contribution < 1.29 is 0 Å². The first kappa shape index (κ1) is 8.23. The molecule has 0 saturated carbocycles. The lowest BCUT2D eigenvalue weighted by Gasteiger charge is -2.03. The van der Waals surface area contributed by atoms with Crippen molar-refractivity contribution in [1.82, 2.24) is 14.6 Å². The first-order chi connectivity index (χ1) is 6.18. The van der Waals surface area contributed by atoms with Gasteiger partial charge in [0.05, 0.1) is 6.20 Å². The molecule has 0 amide bonds. The highest BCUT2D eigenvalue weighted by Gasteiger charge is 2.04. The van der Waals surface area contributed by atoms with Crippen LogP contribution in [0, 0.1) is 6.92 Å². The molecule has 0 saturated heterocycles. The maximum absolute atomic E-state index is 4.53. The quantitative estimate of drug-likeness (QED) is 0.664. The van der Waals surface area contributed by atoms with E-state index in [4.69, 9.17) is 0 Å². The van der Waals surface area contributed by atoms with E-state index in [9.17, 15) is 0 Å². The Balaban J connectivity index is 2.66. The molecule has 0 bridgehead atoms. The molecule has 2 aromatic rings. The third kappa shape index (κ3) is 1.30. The van der Waals surface area contributed by atoms with Gasteiger partial charge in [-0.15, -0.1) is 0 Å². The Morgan fingerprint density at radius 2 is 2.15 bits per heavy atom. The summed E-state index contributed by atoms with van der Waals surface area (Å²) < 4.78 is 1.81. The van der Waals surface area contributed by atoms with Gasteiger partial charge >= 0.3 is 0 Å². The van der Waals surface area contributed by atoms with E-state index in [-0.39, 0.29) is 0 Å². The zero-order valence-electron chi connectivity index (χ0n) is 8.15. The molecule has 3 nitrogen and oxygen atoms in total. The number of nitrogens with zero attached hydrogens (tertiary/aromatic N) is 3. The number of hydrogen-bond donors (Lipinski definition) is 0. The SMILES string of the molecule is Cc1cnn2ccc(C(C)C)nc12. The van der Waals surface area contributed by atoms with Gasteiger partial charge in [-0.2, -0.15) is 5.10 Å². The molecule has 2 rings (SSSR count). The lowest BCUT2D eigenvalue weighted by atomic mass is 10.1. The molecule has 0 aliphatic heterocycles. The Kier molecular flexibility index (Phi) is 1.79.